The Hall–Kier alpha value is -2.17. The standard InChI is InChI=1S/C20H17Cl2NO3/c1-3-12-6-18(24)26-19-14(12)8-16(22)20-15(19)9-23(10-25-20)17-7-13(21)5-4-11(17)2/h4-8H,3,9-10H2,1-2H3. The summed E-state index contributed by atoms with van der Waals surface area (Å²) >= 11 is 12.6. The van der Waals surface area contributed by atoms with Crippen molar-refractivity contribution in [2.75, 3.05) is 11.6 Å². The number of hydrogen-bond donors (Lipinski definition) is 0. The van der Waals surface area contributed by atoms with E-state index in [1.54, 1.807) is 0 Å². The summed E-state index contributed by atoms with van der Waals surface area (Å²) in [4.78, 5) is 14.1. The molecule has 0 fully saturated rings. The second-order valence-electron chi connectivity index (χ2n) is 6.39. The summed E-state index contributed by atoms with van der Waals surface area (Å²) in [6.07, 6.45) is 0.717. The van der Waals surface area contributed by atoms with Gasteiger partial charge in [-0.15, -0.1) is 0 Å². The van der Waals surface area contributed by atoms with Gasteiger partial charge in [-0.2, -0.15) is 0 Å². The number of rotatable bonds is 2. The fourth-order valence-electron chi connectivity index (χ4n) is 3.42. The molecular weight excluding hydrogens is 373 g/mol. The highest BCUT2D eigenvalue weighted by Gasteiger charge is 2.26. The van der Waals surface area contributed by atoms with Crippen LogP contribution in [0.25, 0.3) is 11.0 Å². The Morgan fingerprint density at radius 1 is 1.19 bits per heavy atom. The number of anilines is 1. The molecule has 3 aromatic rings. The zero-order valence-corrected chi connectivity index (χ0v) is 15.9. The van der Waals surface area contributed by atoms with Gasteiger partial charge in [-0.05, 0) is 42.7 Å². The van der Waals surface area contributed by atoms with Crippen molar-refractivity contribution in [1.82, 2.24) is 0 Å². The van der Waals surface area contributed by atoms with Crippen LogP contribution < -0.4 is 15.3 Å². The van der Waals surface area contributed by atoms with Crippen LogP contribution in [0, 0.1) is 6.92 Å². The molecule has 2 heterocycles. The molecule has 134 valence electrons. The first kappa shape index (κ1) is 17.3. The quantitative estimate of drug-likeness (QED) is 0.555. The van der Waals surface area contributed by atoms with Gasteiger partial charge in [0.15, 0.2) is 6.73 Å². The lowest BCUT2D eigenvalue weighted by atomic mass is 10.0. The maximum atomic E-state index is 12.0. The molecule has 0 atom stereocenters. The van der Waals surface area contributed by atoms with Gasteiger partial charge in [0.1, 0.15) is 11.3 Å². The lowest BCUT2D eigenvalue weighted by Gasteiger charge is -2.32. The van der Waals surface area contributed by atoms with E-state index in [2.05, 4.69) is 4.90 Å². The molecule has 0 saturated heterocycles. The topological polar surface area (TPSA) is 42.7 Å². The van der Waals surface area contributed by atoms with E-state index in [4.69, 9.17) is 32.4 Å². The van der Waals surface area contributed by atoms with Crippen molar-refractivity contribution in [3.8, 4) is 5.75 Å². The van der Waals surface area contributed by atoms with Gasteiger partial charge in [-0.25, -0.2) is 4.79 Å². The fourth-order valence-corrected chi connectivity index (χ4v) is 3.87. The third kappa shape index (κ3) is 2.83. The van der Waals surface area contributed by atoms with Crippen molar-refractivity contribution in [2.45, 2.75) is 26.8 Å². The fraction of sp³-hybridized carbons (Fsp3) is 0.250. The molecule has 1 aliphatic heterocycles. The number of halogens is 2. The van der Waals surface area contributed by atoms with E-state index < -0.39 is 0 Å². The van der Waals surface area contributed by atoms with Crippen LogP contribution in [0.1, 0.15) is 23.6 Å². The first-order valence-corrected chi connectivity index (χ1v) is 9.15. The first-order chi connectivity index (χ1) is 12.5. The number of nitrogens with zero attached hydrogens (tertiary/aromatic N) is 1. The van der Waals surface area contributed by atoms with Crippen LogP contribution in [-0.4, -0.2) is 6.73 Å². The Balaban J connectivity index is 1.90. The molecule has 0 aliphatic carbocycles. The van der Waals surface area contributed by atoms with Gasteiger partial charge in [-0.3, -0.25) is 0 Å². The molecule has 1 aromatic heterocycles. The third-order valence-electron chi connectivity index (χ3n) is 4.73. The highest BCUT2D eigenvalue weighted by atomic mass is 35.5. The van der Waals surface area contributed by atoms with Gasteiger partial charge in [0.25, 0.3) is 0 Å². The predicted octanol–water partition coefficient (Wildman–Crippen LogP) is 5.33. The molecule has 0 spiro atoms. The second kappa shape index (κ2) is 6.53. The van der Waals surface area contributed by atoms with E-state index in [0.717, 1.165) is 34.2 Å². The Bertz CT molecular complexity index is 1070. The zero-order valence-electron chi connectivity index (χ0n) is 14.4. The van der Waals surface area contributed by atoms with E-state index in [9.17, 15) is 4.79 Å². The van der Waals surface area contributed by atoms with Gasteiger partial charge < -0.3 is 14.1 Å². The summed E-state index contributed by atoms with van der Waals surface area (Å²) in [7, 11) is 0. The zero-order chi connectivity index (χ0) is 18.4. The van der Waals surface area contributed by atoms with Crippen molar-refractivity contribution >= 4 is 39.9 Å². The van der Waals surface area contributed by atoms with Crippen molar-refractivity contribution in [3.63, 3.8) is 0 Å². The average molecular weight is 390 g/mol. The summed E-state index contributed by atoms with van der Waals surface area (Å²) in [5.74, 6) is 0.575. The number of hydrogen-bond acceptors (Lipinski definition) is 4. The highest BCUT2D eigenvalue weighted by molar-refractivity contribution is 6.33. The lowest BCUT2D eigenvalue weighted by molar-refractivity contribution is 0.289. The molecule has 2 aromatic carbocycles. The number of aryl methyl sites for hydroxylation is 2. The normalized spacial score (nSPS) is 13.6. The van der Waals surface area contributed by atoms with Crippen LogP contribution in [0.4, 0.5) is 5.69 Å². The molecular formula is C20H17Cl2NO3. The molecule has 0 N–H and O–H groups in total. The minimum atomic E-state index is -0.366. The molecule has 4 rings (SSSR count). The predicted molar refractivity (Wildman–Crippen MR) is 105 cm³/mol. The summed E-state index contributed by atoms with van der Waals surface area (Å²) in [5.41, 5.74) is 3.93. The van der Waals surface area contributed by atoms with Gasteiger partial charge in [-0.1, -0.05) is 36.2 Å². The highest BCUT2D eigenvalue weighted by Crippen LogP contribution is 2.41. The first-order valence-electron chi connectivity index (χ1n) is 8.40. The van der Waals surface area contributed by atoms with Crippen molar-refractivity contribution in [3.05, 3.63) is 67.5 Å². The molecule has 26 heavy (non-hydrogen) atoms. The third-order valence-corrected chi connectivity index (χ3v) is 5.24. The minimum absolute atomic E-state index is 0.344. The molecule has 0 radical (unpaired) electrons. The van der Waals surface area contributed by atoms with Gasteiger partial charge in [0.2, 0.25) is 0 Å². The Morgan fingerprint density at radius 3 is 2.77 bits per heavy atom. The van der Waals surface area contributed by atoms with E-state index in [1.807, 2.05) is 38.1 Å². The van der Waals surface area contributed by atoms with E-state index in [0.29, 0.717) is 34.7 Å². The SMILES string of the molecule is CCc1cc(=O)oc2c3c(c(Cl)cc12)OCN(c1cc(Cl)ccc1C)C3. The van der Waals surface area contributed by atoms with Crippen molar-refractivity contribution < 1.29 is 9.15 Å². The molecule has 6 heteroatoms. The molecule has 0 amide bonds. The van der Waals surface area contributed by atoms with Crippen molar-refractivity contribution in [2.24, 2.45) is 0 Å². The van der Waals surface area contributed by atoms with Crippen LogP contribution in [0.15, 0.2) is 39.5 Å². The average Bonchev–Trinajstić information content (AvgIpc) is 2.63. The van der Waals surface area contributed by atoms with Crippen molar-refractivity contribution in [1.29, 1.82) is 0 Å². The maximum Gasteiger partial charge on any atom is 0.336 e. The summed E-state index contributed by atoms with van der Waals surface area (Å²) in [5, 5.41) is 2.04. The molecule has 0 unspecified atom stereocenters. The largest absolute Gasteiger partial charge is 0.471 e. The smallest absolute Gasteiger partial charge is 0.336 e. The maximum absolute atomic E-state index is 12.0. The summed E-state index contributed by atoms with van der Waals surface area (Å²) in [6, 6.07) is 9.08. The minimum Gasteiger partial charge on any atom is -0.471 e. The van der Waals surface area contributed by atoms with Gasteiger partial charge in [0.05, 0.1) is 17.1 Å². The molecule has 4 nitrogen and oxygen atoms in total. The Labute approximate surface area is 160 Å². The Morgan fingerprint density at radius 2 is 2.00 bits per heavy atom. The van der Waals surface area contributed by atoms with E-state index >= 15 is 0 Å². The monoisotopic (exact) mass is 389 g/mol. The van der Waals surface area contributed by atoms with E-state index in [-0.39, 0.29) is 5.63 Å². The van der Waals surface area contributed by atoms with Crippen LogP contribution >= 0.6 is 23.2 Å². The van der Waals surface area contributed by atoms with Gasteiger partial charge in [0, 0.05) is 22.2 Å². The van der Waals surface area contributed by atoms with Crippen LogP contribution in [0.5, 0.6) is 5.75 Å². The number of ether oxygens (including phenoxy) is 1. The van der Waals surface area contributed by atoms with Crippen LogP contribution in [0.2, 0.25) is 10.0 Å². The summed E-state index contributed by atoms with van der Waals surface area (Å²) < 4.78 is 11.5. The number of fused-ring (bicyclic) bond motifs is 3. The number of benzene rings is 2. The second-order valence-corrected chi connectivity index (χ2v) is 7.23. The van der Waals surface area contributed by atoms with Gasteiger partial charge >= 0.3 is 5.63 Å². The molecule has 0 saturated carbocycles. The van der Waals surface area contributed by atoms with E-state index in [1.165, 1.54) is 6.07 Å². The molecule has 0 bridgehead atoms. The van der Waals surface area contributed by atoms with Crippen LogP contribution in [-0.2, 0) is 13.0 Å². The molecule has 1 aliphatic rings. The summed E-state index contributed by atoms with van der Waals surface area (Å²) in [6.45, 7) is 4.88. The lowest BCUT2D eigenvalue weighted by Crippen LogP contribution is -2.32. The van der Waals surface area contributed by atoms with Crippen LogP contribution in [0.3, 0.4) is 0 Å². The Kier molecular flexibility index (Phi) is 4.33.